The van der Waals surface area contributed by atoms with Crippen LogP contribution in [0.4, 0.5) is 0 Å². The maximum atomic E-state index is 6.03. The summed E-state index contributed by atoms with van der Waals surface area (Å²) in [6.45, 7) is 0.994. The van der Waals surface area contributed by atoms with Gasteiger partial charge in [0.25, 0.3) is 0 Å². The highest BCUT2D eigenvalue weighted by Gasteiger charge is 2.01. The van der Waals surface area contributed by atoms with Crippen LogP contribution in [0.5, 0.6) is 0 Å². The van der Waals surface area contributed by atoms with Crippen molar-refractivity contribution in [3.63, 3.8) is 0 Å². The van der Waals surface area contributed by atoms with Crippen molar-refractivity contribution in [1.29, 1.82) is 0 Å². The summed E-state index contributed by atoms with van der Waals surface area (Å²) in [6, 6.07) is 6.35. The lowest BCUT2D eigenvalue weighted by Gasteiger charge is -2.00. The zero-order valence-corrected chi connectivity index (χ0v) is 8.86. The van der Waals surface area contributed by atoms with E-state index in [1.54, 1.807) is 0 Å². The van der Waals surface area contributed by atoms with E-state index in [2.05, 4.69) is 28.5 Å². The predicted octanol–water partition coefficient (Wildman–Crippen LogP) is 2.58. The molecule has 0 aliphatic heterocycles. The minimum Gasteiger partial charge on any atom is -0.360 e. The predicted molar refractivity (Wildman–Crippen MR) is 60.9 cm³/mol. The minimum absolute atomic E-state index is 0.798. The molecule has 14 heavy (non-hydrogen) atoms. The first-order chi connectivity index (χ1) is 6.81. The van der Waals surface area contributed by atoms with Gasteiger partial charge in [0.05, 0.1) is 5.02 Å². The van der Waals surface area contributed by atoms with E-state index >= 15 is 0 Å². The average molecular weight is 209 g/mol. The normalized spacial score (nSPS) is 11.0. The summed E-state index contributed by atoms with van der Waals surface area (Å²) in [4.78, 5) is 3.12. The molecule has 2 aromatic rings. The van der Waals surface area contributed by atoms with Gasteiger partial charge in [0.2, 0.25) is 0 Å². The molecular formula is C11H13ClN2. The van der Waals surface area contributed by atoms with E-state index < -0.39 is 0 Å². The van der Waals surface area contributed by atoms with Crippen LogP contribution in [0.25, 0.3) is 10.9 Å². The van der Waals surface area contributed by atoms with Gasteiger partial charge in [0.1, 0.15) is 0 Å². The van der Waals surface area contributed by atoms with Crippen molar-refractivity contribution < 1.29 is 0 Å². The lowest BCUT2D eigenvalue weighted by Crippen LogP contribution is -2.10. The Morgan fingerprint density at radius 3 is 3.07 bits per heavy atom. The Labute approximate surface area is 88.3 Å². The highest BCUT2D eigenvalue weighted by molar-refractivity contribution is 6.35. The van der Waals surface area contributed by atoms with Gasteiger partial charge in [-0.2, -0.15) is 0 Å². The van der Waals surface area contributed by atoms with Crippen LogP contribution < -0.4 is 5.32 Å². The third kappa shape index (κ3) is 1.76. The first-order valence-corrected chi connectivity index (χ1v) is 5.09. The Kier molecular flexibility index (Phi) is 2.75. The van der Waals surface area contributed by atoms with Crippen LogP contribution >= 0.6 is 11.6 Å². The van der Waals surface area contributed by atoms with Crippen molar-refractivity contribution in [2.75, 3.05) is 13.6 Å². The second kappa shape index (κ2) is 4.03. The summed E-state index contributed by atoms with van der Waals surface area (Å²) in [5.41, 5.74) is 2.41. The highest BCUT2D eigenvalue weighted by atomic mass is 35.5. The van der Waals surface area contributed by atoms with E-state index in [4.69, 9.17) is 11.6 Å². The number of benzene rings is 1. The fourth-order valence-electron chi connectivity index (χ4n) is 1.56. The molecule has 2 N–H and O–H groups in total. The number of halogens is 1. The first kappa shape index (κ1) is 9.56. The van der Waals surface area contributed by atoms with Gasteiger partial charge in [-0.05, 0) is 37.7 Å². The van der Waals surface area contributed by atoms with Crippen molar-refractivity contribution in [3.05, 3.63) is 35.0 Å². The maximum Gasteiger partial charge on any atom is 0.0659 e. The van der Waals surface area contributed by atoms with Crippen LogP contribution in [0, 0.1) is 0 Å². The SMILES string of the molecule is CNCCc1ccc2[nH]cc(Cl)c2c1. The van der Waals surface area contributed by atoms with Gasteiger partial charge >= 0.3 is 0 Å². The zero-order chi connectivity index (χ0) is 9.97. The number of nitrogens with one attached hydrogen (secondary N) is 2. The van der Waals surface area contributed by atoms with Crippen molar-refractivity contribution in [1.82, 2.24) is 10.3 Å². The van der Waals surface area contributed by atoms with Gasteiger partial charge < -0.3 is 10.3 Å². The molecule has 0 saturated carbocycles. The summed E-state index contributed by atoms with van der Waals surface area (Å²) in [5, 5.41) is 5.04. The molecule has 0 bridgehead atoms. The monoisotopic (exact) mass is 208 g/mol. The summed E-state index contributed by atoms with van der Waals surface area (Å²) < 4.78 is 0. The molecule has 0 saturated heterocycles. The second-order valence-corrected chi connectivity index (χ2v) is 3.78. The molecule has 0 aliphatic rings. The number of aromatic amines is 1. The Morgan fingerprint density at radius 2 is 2.29 bits per heavy atom. The van der Waals surface area contributed by atoms with Crippen LogP contribution in [0.3, 0.4) is 0 Å². The number of rotatable bonds is 3. The molecule has 74 valence electrons. The molecule has 0 spiro atoms. The summed E-state index contributed by atoms with van der Waals surface area (Å²) in [5.74, 6) is 0. The zero-order valence-electron chi connectivity index (χ0n) is 8.10. The molecule has 0 amide bonds. The molecule has 0 aliphatic carbocycles. The topological polar surface area (TPSA) is 27.8 Å². The molecule has 0 unspecified atom stereocenters. The summed E-state index contributed by atoms with van der Waals surface area (Å²) >= 11 is 6.03. The van der Waals surface area contributed by atoms with E-state index in [-0.39, 0.29) is 0 Å². The van der Waals surface area contributed by atoms with E-state index in [0.29, 0.717) is 0 Å². The molecule has 0 atom stereocenters. The van der Waals surface area contributed by atoms with Crippen molar-refractivity contribution in [3.8, 4) is 0 Å². The van der Waals surface area contributed by atoms with Crippen molar-refractivity contribution >= 4 is 22.5 Å². The number of hydrogen-bond donors (Lipinski definition) is 2. The number of likely N-dealkylation sites (N-methyl/N-ethyl adjacent to an activating group) is 1. The third-order valence-electron chi connectivity index (χ3n) is 2.36. The Bertz CT molecular complexity index is 434. The van der Waals surface area contributed by atoms with Crippen molar-refractivity contribution in [2.24, 2.45) is 0 Å². The molecule has 1 aromatic carbocycles. The Morgan fingerprint density at radius 1 is 1.43 bits per heavy atom. The molecular weight excluding hydrogens is 196 g/mol. The van der Waals surface area contributed by atoms with Crippen LogP contribution in [0.1, 0.15) is 5.56 Å². The molecule has 0 radical (unpaired) electrons. The number of H-pyrrole nitrogens is 1. The van der Waals surface area contributed by atoms with E-state index in [1.807, 2.05) is 13.2 Å². The van der Waals surface area contributed by atoms with Crippen LogP contribution in [0.15, 0.2) is 24.4 Å². The fourth-order valence-corrected chi connectivity index (χ4v) is 1.77. The summed E-state index contributed by atoms with van der Waals surface area (Å²) in [7, 11) is 1.96. The molecule has 1 heterocycles. The maximum absolute atomic E-state index is 6.03. The fraction of sp³-hybridized carbons (Fsp3) is 0.273. The van der Waals surface area contributed by atoms with Crippen molar-refractivity contribution in [2.45, 2.75) is 6.42 Å². The first-order valence-electron chi connectivity index (χ1n) is 4.71. The van der Waals surface area contributed by atoms with E-state index in [0.717, 1.165) is 28.9 Å². The molecule has 0 fully saturated rings. The van der Waals surface area contributed by atoms with Crippen LogP contribution in [0.2, 0.25) is 5.02 Å². The number of aromatic nitrogens is 1. The quantitative estimate of drug-likeness (QED) is 0.798. The van der Waals surface area contributed by atoms with Gasteiger partial charge in [-0.3, -0.25) is 0 Å². The highest BCUT2D eigenvalue weighted by Crippen LogP contribution is 2.23. The molecule has 2 rings (SSSR count). The van der Waals surface area contributed by atoms with Gasteiger partial charge in [-0.1, -0.05) is 17.7 Å². The van der Waals surface area contributed by atoms with Gasteiger partial charge in [-0.15, -0.1) is 0 Å². The standard InChI is InChI=1S/C11H13ClN2/c1-13-5-4-8-2-3-11-9(6-8)10(12)7-14-11/h2-3,6-7,13-14H,4-5H2,1H3. The average Bonchev–Trinajstić information content (AvgIpc) is 2.57. The van der Waals surface area contributed by atoms with Crippen LogP contribution in [-0.2, 0) is 6.42 Å². The third-order valence-corrected chi connectivity index (χ3v) is 2.67. The van der Waals surface area contributed by atoms with Gasteiger partial charge in [0, 0.05) is 17.1 Å². The second-order valence-electron chi connectivity index (χ2n) is 3.37. The molecule has 3 heteroatoms. The Balaban J connectivity index is 2.34. The Hall–Kier alpha value is -0.990. The lowest BCUT2D eigenvalue weighted by molar-refractivity contribution is 0.792. The minimum atomic E-state index is 0.798. The van der Waals surface area contributed by atoms with E-state index in [9.17, 15) is 0 Å². The molecule has 2 nitrogen and oxygen atoms in total. The number of hydrogen-bond acceptors (Lipinski definition) is 1. The smallest absolute Gasteiger partial charge is 0.0659 e. The van der Waals surface area contributed by atoms with Crippen LogP contribution in [-0.4, -0.2) is 18.6 Å². The molecule has 1 aromatic heterocycles. The largest absolute Gasteiger partial charge is 0.360 e. The van der Waals surface area contributed by atoms with Gasteiger partial charge in [-0.25, -0.2) is 0 Å². The number of fused-ring (bicyclic) bond motifs is 1. The lowest BCUT2D eigenvalue weighted by atomic mass is 10.1. The summed E-state index contributed by atoms with van der Waals surface area (Å²) in [6.07, 6.45) is 2.86. The van der Waals surface area contributed by atoms with E-state index in [1.165, 1.54) is 5.56 Å². The van der Waals surface area contributed by atoms with Gasteiger partial charge in [0.15, 0.2) is 0 Å².